The van der Waals surface area contributed by atoms with Gasteiger partial charge in [-0.3, -0.25) is 4.98 Å². The average molecular weight is 884 g/mol. The summed E-state index contributed by atoms with van der Waals surface area (Å²) in [7, 11) is 0. The molecule has 0 aliphatic heterocycles. The molecule has 0 bridgehead atoms. The molecule has 9 aromatic carbocycles. The fourth-order valence-electron chi connectivity index (χ4n) is 12.2. The Morgan fingerprint density at radius 1 is 0.232 bits per heavy atom. The average Bonchev–Trinajstić information content (AvgIpc) is 3.87. The summed E-state index contributed by atoms with van der Waals surface area (Å²) in [6.45, 7) is 14.4. The summed E-state index contributed by atoms with van der Waals surface area (Å²) in [6.07, 6.45) is 1.88. The molecule has 0 fully saturated rings. The first-order valence-electron chi connectivity index (χ1n) is 24.5. The van der Waals surface area contributed by atoms with E-state index in [0.29, 0.717) is 0 Å². The minimum absolute atomic E-state index is 0.130. The van der Waals surface area contributed by atoms with E-state index in [1.54, 1.807) is 0 Å². The summed E-state index contributed by atoms with van der Waals surface area (Å²) < 4.78 is 0. The Morgan fingerprint density at radius 2 is 0.507 bits per heavy atom. The highest BCUT2D eigenvalue weighted by Gasteiger charge is 2.39. The summed E-state index contributed by atoms with van der Waals surface area (Å²) >= 11 is 0. The smallest absolute Gasteiger partial charge is 0.0702 e. The topological polar surface area (TPSA) is 12.9 Å². The van der Waals surface area contributed by atoms with Crippen LogP contribution in [0.15, 0.2) is 212 Å². The number of hydrogen-bond donors (Lipinski definition) is 0. The van der Waals surface area contributed by atoms with E-state index in [1.807, 2.05) is 12.3 Å². The molecule has 3 aliphatic carbocycles. The van der Waals surface area contributed by atoms with Gasteiger partial charge in [0.25, 0.3) is 0 Å². The highest BCUT2D eigenvalue weighted by molar-refractivity contribution is 5.91. The second-order valence-corrected chi connectivity index (χ2v) is 21.2. The van der Waals surface area contributed by atoms with E-state index in [1.165, 1.54) is 128 Å². The molecular formula is C68H53N. The van der Waals surface area contributed by atoms with Crippen LogP contribution in [0.4, 0.5) is 0 Å². The van der Waals surface area contributed by atoms with Crippen LogP contribution in [0.3, 0.4) is 0 Å². The van der Waals surface area contributed by atoms with Crippen LogP contribution < -0.4 is 0 Å². The van der Waals surface area contributed by atoms with Crippen LogP contribution in [0.5, 0.6) is 0 Å². The van der Waals surface area contributed by atoms with Crippen LogP contribution in [0.2, 0.25) is 0 Å². The van der Waals surface area contributed by atoms with Crippen molar-refractivity contribution in [2.75, 3.05) is 0 Å². The van der Waals surface area contributed by atoms with Gasteiger partial charge in [-0.25, -0.2) is 0 Å². The molecule has 0 unspecified atom stereocenters. The molecule has 13 rings (SSSR count). The molecule has 69 heavy (non-hydrogen) atoms. The molecule has 0 saturated carbocycles. The molecular weight excluding hydrogens is 831 g/mol. The molecule has 0 radical (unpaired) electrons. The van der Waals surface area contributed by atoms with Crippen molar-refractivity contribution in [3.63, 3.8) is 0 Å². The van der Waals surface area contributed by atoms with Crippen LogP contribution in [0.1, 0.15) is 74.9 Å². The van der Waals surface area contributed by atoms with Crippen LogP contribution >= 0.6 is 0 Å². The fourth-order valence-corrected chi connectivity index (χ4v) is 12.2. The summed E-state index contributed by atoms with van der Waals surface area (Å²) in [5.74, 6) is 0. The Labute approximate surface area is 406 Å². The third-order valence-corrected chi connectivity index (χ3v) is 16.1. The van der Waals surface area contributed by atoms with E-state index in [0.717, 1.165) is 5.69 Å². The molecule has 0 N–H and O–H groups in total. The Kier molecular flexibility index (Phi) is 9.02. The van der Waals surface area contributed by atoms with Gasteiger partial charge in [-0.05, 0) is 189 Å². The third kappa shape index (κ3) is 6.40. The van der Waals surface area contributed by atoms with Gasteiger partial charge in [-0.15, -0.1) is 0 Å². The molecule has 0 saturated heterocycles. The van der Waals surface area contributed by atoms with Crippen molar-refractivity contribution in [1.29, 1.82) is 0 Å². The summed E-state index contributed by atoms with van der Waals surface area (Å²) in [4.78, 5) is 4.65. The van der Waals surface area contributed by atoms with E-state index in [4.69, 9.17) is 0 Å². The zero-order chi connectivity index (χ0) is 46.8. The molecule has 1 nitrogen and oxygen atoms in total. The summed E-state index contributed by atoms with van der Waals surface area (Å²) in [5, 5.41) is 0. The minimum Gasteiger partial charge on any atom is -0.256 e. The first-order chi connectivity index (χ1) is 33.4. The van der Waals surface area contributed by atoms with Crippen molar-refractivity contribution < 1.29 is 0 Å². The first kappa shape index (κ1) is 41.3. The van der Waals surface area contributed by atoms with Crippen LogP contribution in [0, 0.1) is 0 Å². The lowest BCUT2D eigenvalue weighted by Gasteiger charge is -2.24. The maximum absolute atomic E-state index is 4.65. The number of rotatable bonds is 6. The van der Waals surface area contributed by atoms with E-state index in [-0.39, 0.29) is 16.2 Å². The number of fused-ring (bicyclic) bond motifs is 9. The monoisotopic (exact) mass is 883 g/mol. The van der Waals surface area contributed by atoms with E-state index < -0.39 is 0 Å². The molecule has 0 spiro atoms. The minimum atomic E-state index is -0.170. The predicted molar refractivity (Wildman–Crippen MR) is 290 cm³/mol. The molecule has 0 amide bonds. The number of pyridine rings is 1. The molecule has 10 aromatic rings. The molecule has 1 aromatic heterocycles. The largest absolute Gasteiger partial charge is 0.256 e. The first-order valence-corrected chi connectivity index (χ1v) is 24.5. The van der Waals surface area contributed by atoms with Gasteiger partial charge < -0.3 is 0 Å². The number of aromatic nitrogens is 1. The zero-order valence-electron chi connectivity index (χ0n) is 40.2. The van der Waals surface area contributed by atoms with Crippen molar-refractivity contribution in [3.8, 4) is 100 Å². The molecule has 1 heterocycles. The standard InChI is InChI=1S/C68H53N/c1-66(2)59-36-44(20-26-53(59)54-27-21-45(37-60(54)66)47-23-29-56-58-31-25-49(65-19-13-14-32-69-65)41-64(58)68(5,6)62(56)39-47)46-22-28-55-57-30-24-48(40-63(57)67(3,4)61(55)38-46)52-34-50(42-15-9-7-10-16-42)33-51(35-52)43-17-11-8-12-18-43/h7-41H,1-6H3. The van der Waals surface area contributed by atoms with Gasteiger partial charge in [0.05, 0.1) is 5.69 Å². The van der Waals surface area contributed by atoms with Gasteiger partial charge in [0, 0.05) is 28.0 Å². The van der Waals surface area contributed by atoms with Gasteiger partial charge in [0.1, 0.15) is 0 Å². The van der Waals surface area contributed by atoms with Gasteiger partial charge in [-0.2, -0.15) is 0 Å². The van der Waals surface area contributed by atoms with Crippen molar-refractivity contribution in [3.05, 3.63) is 246 Å². The number of benzene rings is 9. The van der Waals surface area contributed by atoms with Crippen molar-refractivity contribution in [1.82, 2.24) is 4.98 Å². The molecule has 3 aliphatic rings. The van der Waals surface area contributed by atoms with Gasteiger partial charge >= 0.3 is 0 Å². The van der Waals surface area contributed by atoms with Gasteiger partial charge in [0.2, 0.25) is 0 Å². The van der Waals surface area contributed by atoms with Crippen molar-refractivity contribution in [2.45, 2.75) is 57.8 Å². The second-order valence-electron chi connectivity index (χ2n) is 21.2. The van der Waals surface area contributed by atoms with Crippen molar-refractivity contribution in [2.24, 2.45) is 0 Å². The predicted octanol–water partition coefficient (Wildman–Crippen LogP) is 18.0. The Bertz CT molecular complexity index is 3660. The fraction of sp³-hybridized carbons (Fsp3) is 0.132. The zero-order valence-corrected chi connectivity index (χ0v) is 40.2. The second kappa shape index (κ2) is 15.1. The molecule has 0 atom stereocenters. The quantitative estimate of drug-likeness (QED) is 0.162. The Morgan fingerprint density at radius 3 is 0.826 bits per heavy atom. The van der Waals surface area contributed by atoms with Gasteiger partial charge in [-0.1, -0.05) is 181 Å². The van der Waals surface area contributed by atoms with Crippen LogP contribution in [0.25, 0.3) is 100 Å². The summed E-state index contributed by atoms with van der Waals surface area (Å²) in [6, 6.07) is 77.4. The van der Waals surface area contributed by atoms with E-state index in [9.17, 15) is 0 Å². The SMILES string of the molecule is CC1(C)c2cc(-c3cc(-c4ccccc4)cc(-c4ccccc4)c3)ccc2-c2ccc(-c3ccc4c(c3)C(C)(C)c3cc(-c5ccc6c(c5)C(C)(C)c5cc(-c7ccccn7)ccc5-6)ccc3-4)cc21. The summed E-state index contributed by atoms with van der Waals surface area (Å²) in [5.41, 5.74) is 30.5. The highest BCUT2D eigenvalue weighted by Crippen LogP contribution is 2.55. The Balaban J connectivity index is 0.807. The maximum atomic E-state index is 4.65. The maximum Gasteiger partial charge on any atom is 0.0702 e. The molecule has 330 valence electrons. The van der Waals surface area contributed by atoms with Crippen LogP contribution in [-0.2, 0) is 16.2 Å². The van der Waals surface area contributed by atoms with E-state index >= 15 is 0 Å². The highest BCUT2D eigenvalue weighted by atomic mass is 14.7. The van der Waals surface area contributed by atoms with Gasteiger partial charge in [0.15, 0.2) is 0 Å². The normalized spacial score (nSPS) is 14.9. The lowest BCUT2D eigenvalue weighted by atomic mass is 9.79. The number of nitrogens with zero attached hydrogens (tertiary/aromatic N) is 1. The third-order valence-electron chi connectivity index (χ3n) is 16.1. The van der Waals surface area contributed by atoms with Crippen molar-refractivity contribution >= 4 is 0 Å². The lowest BCUT2D eigenvalue weighted by Crippen LogP contribution is -2.16. The van der Waals surface area contributed by atoms with E-state index in [2.05, 4.69) is 247 Å². The lowest BCUT2D eigenvalue weighted by molar-refractivity contribution is 0.659. The molecule has 1 heteroatoms. The van der Waals surface area contributed by atoms with Crippen LogP contribution in [-0.4, -0.2) is 4.98 Å². The number of hydrogen-bond acceptors (Lipinski definition) is 1. The Hall–Kier alpha value is -7.87.